The third-order valence-corrected chi connectivity index (χ3v) is 5.80. The van der Waals surface area contributed by atoms with Crippen LogP contribution in [0.1, 0.15) is 44.9 Å². The molecule has 3 atom stereocenters. The van der Waals surface area contributed by atoms with E-state index in [0.29, 0.717) is 23.0 Å². The molecule has 0 bridgehead atoms. The van der Waals surface area contributed by atoms with E-state index in [-0.39, 0.29) is 31.6 Å². The van der Waals surface area contributed by atoms with E-state index in [9.17, 15) is 14.7 Å². The summed E-state index contributed by atoms with van der Waals surface area (Å²) in [7, 11) is 0. The Hall–Kier alpha value is -1.54. The average molecular weight is 459 g/mol. The van der Waals surface area contributed by atoms with Gasteiger partial charge in [0.25, 0.3) is 5.91 Å². The molecule has 3 rings (SSSR count). The minimum absolute atomic E-state index is 0.0642. The topological polar surface area (TPSA) is 79.3 Å². The number of carbonyl (C=O) groups is 2. The van der Waals surface area contributed by atoms with E-state index in [0.717, 1.165) is 11.1 Å². The fourth-order valence-corrected chi connectivity index (χ4v) is 4.63. The van der Waals surface area contributed by atoms with Crippen molar-refractivity contribution in [2.75, 3.05) is 26.2 Å². The molecule has 0 saturated carbocycles. The predicted molar refractivity (Wildman–Crippen MR) is 114 cm³/mol. The highest BCUT2D eigenvalue weighted by Gasteiger charge is 2.40. The number of carbonyl (C=O) groups excluding carboxylic acids is 2. The van der Waals surface area contributed by atoms with Gasteiger partial charge in [0.15, 0.2) is 6.10 Å². The van der Waals surface area contributed by atoms with Crippen LogP contribution in [0.4, 0.5) is 4.79 Å². The first-order chi connectivity index (χ1) is 14.0. The van der Waals surface area contributed by atoms with Crippen molar-refractivity contribution in [2.24, 2.45) is 0 Å². The summed E-state index contributed by atoms with van der Waals surface area (Å²) in [6, 6.07) is 3.29. The largest absolute Gasteiger partial charge is 0.444 e. The first kappa shape index (κ1) is 23.1. The summed E-state index contributed by atoms with van der Waals surface area (Å²) in [4.78, 5) is 29.0. The average Bonchev–Trinajstić information content (AvgIpc) is 2.65. The molecule has 0 aliphatic carbocycles. The van der Waals surface area contributed by atoms with Crippen LogP contribution in [-0.2, 0) is 20.7 Å². The summed E-state index contributed by atoms with van der Waals surface area (Å²) in [5.41, 5.74) is 1.24. The molecule has 166 valence electrons. The van der Waals surface area contributed by atoms with Crippen LogP contribution < -0.4 is 0 Å². The van der Waals surface area contributed by atoms with E-state index in [4.69, 9.17) is 32.7 Å². The standard InChI is InChI=1S/C21H28Cl2N2O5/c1-12-18-13(7-14(22)8-16(18)23)5-6-25(12)19(27)17-10-24(9-15(11-26)29-17)20(28)30-21(2,3)4/h7-8,12,15,17,26H,5-6,9-11H2,1-4H3/t12-,15-,17+/m0/s1. The smallest absolute Gasteiger partial charge is 0.410 e. The third kappa shape index (κ3) is 5.02. The second-order valence-electron chi connectivity index (χ2n) is 8.73. The second kappa shape index (κ2) is 8.91. The molecule has 2 aliphatic heterocycles. The van der Waals surface area contributed by atoms with Gasteiger partial charge < -0.3 is 24.4 Å². The number of halogens is 2. The van der Waals surface area contributed by atoms with Crippen LogP contribution >= 0.6 is 23.2 Å². The van der Waals surface area contributed by atoms with Crippen molar-refractivity contribution in [3.63, 3.8) is 0 Å². The maximum atomic E-state index is 13.3. The lowest BCUT2D eigenvalue weighted by Crippen LogP contribution is -2.57. The number of ether oxygens (including phenoxy) is 2. The van der Waals surface area contributed by atoms with Crippen molar-refractivity contribution in [1.82, 2.24) is 9.80 Å². The molecule has 2 heterocycles. The number of aliphatic hydroxyl groups is 1. The Labute approximate surface area is 186 Å². The van der Waals surface area contributed by atoms with Gasteiger partial charge in [-0.15, -0.1) is 0 Å². The number of rotatable bonds is 2. The van der Waals surface area contributed by atoms with Gasteiger partial charge in [0.05, 0.1) is 31.8 Å². The normalized spacial score (nSPS) is 24.4. The monoisotopic (exact) mass is 458 g/mol. The van der Waals surface area contributed by atoms with Gasteiger partial charge in [0.2, 0.25) is 0 Å². The molecule has 1 aromatic rings. The van der Waals surface area contributed by atoms with Crippen molar-refractivity contribution in [1.29, 1.82) is 0 Å². The quantitative estimate of drug-likeness (QED) is 0.733. The molecule has 1 fully saturated rings. The van der Waals surface area contributed by atoms with Crippen LogP contribution in [0.5, 0.6) is 0 Å². The first-order valence-corrected chi connectivity index (χ1v) is 10.8. The van der Waals surface area contributed by atoms with Gasteiger partial charge in [0, 0.05) is 16.6 Å². The van der Waals surface area contributed by atoms with Crippen molar-refractivity contribution in [2.45, 2.75) is 58.0 Å². The van der Waals surface area contributed by atoms with Crippen molar-refractivity contribution in [3.8, 4) is 0 Å². The molecule has 1 N–H and O–H groups in total. The Morgan fingerprint density at radius 2 is 1.97 bits per heavy atom. The Morgan fingerprint density at radius 3 is 2.60 bits per heavy atom. The summed E-state index contributed by atoms with van der Waals surface area (Å²) in [5.74, 6) is -0.245. The fourth-order valence-electron chi connectivity index (χ4n) is 3.94. The lowest BCUT2D eigenvalue weighted by molar-refractivity contribution is -0.162. The highest BCUT2D eigenvalue weighted by molar-refractivity contribution is 6.35. The van der Waals surface area contributed by atoms with Crippen molar-refractivity contribution in [3.05, 3.63) is 33.3 Å². The number of amides is 2. The van der Waals surface area contributed by atoms with E-state index in [2.05, 4.69) is 0 Å². The Morgan fingerprint density at radius 1 is 1.27 bits per heavy atom. The highest BCUT2D eigenvalue weighted by atomic mass is 35.5. The zero-order chi connectivity index (χ0) is 22.2. The summed E-state index contributed by atoms with van der Waals surface area (Å²) in [6.07, 6.45) is -1.46. The summed E-state index contributed by atoms with van der Waals surface area (Å²) in [5, 5.41) is 10.7. The molecular formula is C21H28Cl2N2O5. The molecule has 0 aromatic heterocycles. The maximum Gasteiger partial charge on any atom is 0.410 e. The van der Waals surface area contributed by atoms with Gasteiger partial charge >= 0.3 is 6.09 Å². The number of hydrogen-bond acceptors (Lipinski definition) is 5. The minimum atomic E-state index is -0.890. The van der Waals surface area contributed by atoms with Gasteiger partial charge in [-0.2, -0.15) is 0 Å². The molecule has 2 amide bonds. The minimum Gasteiger partial charge on any atom is -0.444 e. The van der Waals surface area contributed by atoms with Gasteiger partial charge in [-0.05, 0) is 57.4 Å². The van der Waals surface area contributed by atoms with E-state index < -0.39 is 23.9 Å². The molecule has 0 unspecified atom stereocenters. The summed E-state index contributed by atoms with van der Waals surface area (Å²) in [6.45, 7) is 7.66. The number of morpholine rings is 1. The summed E-state index contributed by atoms with van der Waals surface area (Å²) >= 11 is 12.5. The molecule has 1 saturated heterocycles. The van der Waals surface area contributed by atoms with Crippen LogP contribution in [0, 0.1) is 0 Å². The number of hydrogen-bond donors (Lipinski definition) is 1. The van der Waals surface area contributed by atoms with Crippen LogP contribution in [0.25, 0.3) is 0 Å². The molecule has 1 aromatic carbocycles. The highest BCUT2D eigenvalue weighted by Crippen LogP contribution is 2.37. The third-order valence-electron chi connectivity index (χ3n) is 5.27. The number of nitrogens with zero attached hydrogens (tertiary/aromatic N) is 2. The van der Waals surface area contributed by atoms with Crippen LogP contribution in [0.15, 0.2) is 12.1 Å². The zero-order valence-electron chi connectivity index (χ0n) is 17.7. The lowest BCUT2D eigenvalue weighted by Gasteiger charge is -2.42. The SMILES string of the molecule is C[C@H]1c2c(Cl)cc(Cl)cc2CCN1C(=O)[C@H]1CN(C(=O)OC(C)(C)C)C[C@@H](CO)O1. The molecule has 0 radical (unpaired) electrons. The van der Waals surface area contributed by atoms with E-state index >= 15 is 0 Å². The lowest BCUT2D eigenvalue weighted by atomic mass is 9.93. The van der Waals surface area contributed by atoms with Gasteiger partial charge in [-0.25, -0.2) is 4.79 Å². The van der Waals surface area contributed by atoms with Crippen molar-refractivity contribution >= 4 is 35.2 Å². The zero-order valence-corrected chi connectivity index (χ0v) is 19.2. The van der Waals surface area contributed by atoms with Crippen LogP contribution in [0.2, 0.25) is 10.0 Å². The van der Waals surface area contributed by atoms with Gasteiger partial charge in [0.1, 0.15) is 5.60 Å². The number of aliphatic hydroxyl groups excluding tert-OH is 1. The van der Waals surface area contributed by atoms with E-state index in [1.807, 2.05) is 13.0 Å². The molecule has 9 heteroatoms. The fraction of sp³-hybridized carbons (Fsp3) is 0.619. The maximum absolute atomic E-state index is 13.3. The molecule has 7 nitrogen and oxygen atoms in total. The Kier molecular flexibility index (Phi) is 6.87. The predicted octanol–water partition coefficient (Wildman–Crippen LogP) is 3.44. The first-order valence-electron chi connectivity index (χ1n) is 10.0. The van der Waals surface area contributed by atoms with Gasteiger partial charge in [-0.1, -0.05) is 23.2 Å². The van der Waals surface area contributed by atoms with E-state index in [1.165, 1.54) is 4.90 Å². The Bertz CT molecular complexity index is 826. The number of fused-ring (bicyclic) bond motifs is 1. The van der Waals surface area contributed by atoms with Crippen molar-refractivity contribution < 1.29 is 24.2 Å². The molecule has 0 spiro atoms. The van der Waals surface area contributed by atoms with Gasteiger partial charge in [-0.3, -0.25) is 4.79 Å². The Balaban J connectivity index is 1.78. The molecule has 2 aliphatic rings. The molecule has 30 heavy (non-hydrogen) atoms. The second-order valence-corrected chi connectivity index (χ2v) is 9.58. The summed E-state index contributed by atoms with van der Waals surface area (Å²) < 4.78 is 11.2. The van der Waals surface area contributed by atoms with E-state index in [1.54, 1.807) is 31.7 Å². The van der Waals surface area contributed by atoms with Crippen LogP contribution in [-0.4, -0.2) is 71.0 Å². The molecular weight excluding hydrogens is 431 g/mol. The number of benzene rings is 1. The van der Waals surface area contributed by atoms with Crippen LogP contribution in [0.3, 0.4) is 0 Å².